The first-order valence-electron chi connectivity index (χ1n) is 6.38. The lowest BCUT2D eigenvalue weighted by molar-refractivity contribution is 0.387. The molecule has 0 aromatic heterocycles. The Morgan fingerprint density at radius 2 is 1.85 bits per heavy atom. The summed E-state index contributed by atoms with van der Waals surface area (Å²) in [5.74, 6) is -0.902. The van der Waals surface area contributed by atoms with Crippen molar-refractivity contribution in [1.82, 2.24) is 5.32 Å². The molecule has 2 rings (SSSR count). The van der Waals surface area contributed by atoms with Crippen molar-refractivity contribution >= 4 is 0 Å². The van der Waals surface area contributed by atoms with Crippen LogP contribution in [0.1, 0.15) is 18.5 Å². The van der Waals surface area contributed by atoms with Crippen LogP contribution in [-0.2, 0) is 0 Å². The van der Waals surface area contributed by atoms with Gasteiger partial charge in [-0.3, -0.25) is 0 Å². The van der Waals surface area contributed by atoms with Crippen LogP contribution in [0.4, 0.5) is 8.78 Å². The number of halogens is 2. The van der Waals surface area contributed by atoms with Crippen molar-refractivity contribution in [1.29, 1.82) is 0 Å². The van der Waals surface area contributed by atoms with Crippen molar-refractivity contribution in [2.75, 3.05) is 14.2 Å². The van der Waals surface area contributed by atoms with Gasteiger partial charge in [0.05, 0.1) is 7.11 Å². The van der Waals surface area contributed by atoms with Crippen LogP contribution in [0.15, 0.2) is 36.4 Å². The summed E-state index contributed by atoms with van der Waals surface area (Å²) in [4.78, 5) is 0. The van der Waals surface area contributed by atoms with E-state index in [1.165, 1.54) is 19.2 Å². The predicted octanol–water partition coefficient (Wildman–Crippen LogP) is 3.92. The Hall–Kier alpha value is -1.94. The Balaban J connectivity index is 2.57. The summed E-state index contributed by atoms with van der Waals surface area (Å²) in [6.45, 7) is 1.96. The Morgan fingerprint density at radius 1 is 1.10 bits per heavy atom. The highest BCUT2D eigenvalue weighted by Crippen LogP contribution is 2.32. The number of hydrogen-bond donors (Lipinski definition) is 1. The van der Waals surface area contributed by atoms with Crippen LogP contribution in [0.2, 0.25) is 0 Å². The summed E-state index contributed by atoms with van der Waals surface area (Å²) in [6, 6.07) is 9.47. The SMILES string of the molecule is CNC(C)c1ccc(F)c(-c2cccc(OC)c2F)c1. The topological polar surface area (TPSA) is 21.3 Å². The smallest absolute Gasteiger partial charge is 0.172 e. The molecule has 0 aliphatic heterocycles. The van der Waals surface area contributed by atoms with Gasteiger partial charge in [0.15, 0.2) is 11.6 Å². The molecule has 1 unspecified atom stereocenters. The van der Waals surface area contributed by atoms with Crippen LogP contribution >= 0.6 is 0 Å². The van der Waals surface area contributed by atoms with Crippen molar-refractivity contribution in [3.8, 4) is 16.9 Å². The fraction of sp³-hybridized carbons (Fsp3) is 0.250. The number of rotatable bonds is 4. The fourth-order valence-electron chi connectivity index (χ4n) is 2.06. The third-order valence-corrected chi connectivity index (χ3v) is 3.40. The molecule has 0 heterocycles. The van der Waals surface area contributed by atoms with Gasteiger partial charge < -0.3 is 10.1 Å². The van der Waals surface area contributed by atoms with E-state index in [1.54, 1.807) is 24.3 Å². The lowest BCUT2D eigenvalue weighted by atomic mass is 9.99. The van der Waals surface area contributed by atoms with Crippen molar-refractivity contribution in [2.24, 2.45) is 0 Å². The number of methoxy groups -OCH3 is 1. The predicted molar refractivity (Wildman–Crippen MR) is 75.8 cm³/mol. The fourth-order valence-corrected chi connectivity index (χ4v) is 2.06. The zero-order chi connectivity index (χ0) is 14.7. The average molecular weight is 277 g/mol. The van der Waals surface area contributed by atoms with E-state index in [2.05, 4.69) is 5.32 Å². The highest BCUT2D eigenvalue weighted by Gasteiger charge is 2.15. The van der Waals surface area contributed by atoms with E-state index in [-0.39, 0.29) is 22.9 Å². The Labute approximate surface area is 117 Å². The molecular formula is C16H17F2NO. The molecule has 1 N–H and O–H groups in total. The second kappa shape index (κ2) is 6.01. The van der Waals surface area contributed by atoms with Gasteiger partial charge in [-0.2, -0.15) is 0 Å². The van der Waals surface area contributed by atoms with Crippen LogP contribution in [0.3, 0.4) is 0 Å². The lowest BCUT2D eigenvalue weighted by Crippen LogP contribution is -2.12. The highest BCUT2D eigenvalue weighted by molar-refractivity contribution is 5.67. The van der Waals surface area contributed by atoms with Crippen molar-refractivity contribution in [2.45, 2.75) is 13.0 Å². The Bertz CT molecular complexity index is 613. The maximum atomic E-state index is 14.2. The zero-order valence-corrected chi connectivity index (χ0v) is 11.7. The molecular weight excluding hydrogens is 260 g/mol. The molecule has 0 amide bonds. The molecule has 0 bridgehead atoms. The summed E-state index contributed by atoms with van der Waals surface area (Å²) in [6.07, 6.45) is 0. The van der Waals surface area contributed by atoms with E-state index in [4.69, 9.17) is 4.74 Å². The molecule has 20 heavy (non-hydrogen) atoms. The molecule has 106 valence electrons. The van der Waals surface area contributed by atoms with E-state index < -0.39 is 11.6 Å². The van der Waals surface area contributed by atoms with Gasteiger partial charge in [-0.1, -0.05) is 18.2 Å². The summed E-state index contributed by atoms with van der Waals surface area (Å²) in [7, 11) is 3.21. The maximum Gasteiger partial charge on any atom is 0.172 e. The largest absolute Gasteiger partial charge is 0.494 e. The summed E-state index contributed by atoms with van der Waals surface area (Å²) < 4.78 is 33.2. The number of ether oxygens (including phenoxy) is 1. The van der Waals surface area contributed by atoms with Crippen LogP contribution in [0.5, 0.6) is 5.75 Å². The number of hydrogen-bond acceptors (Lipinski definition) is 2. The Morgan fingerprint density at radius 3 is 2.50 bits per heavy atom. The van der Waals surface area contributed by atoms with E-state index in [9.17, 15) is 8.78 Å². The van der Waals surface area contributed by atoms with Gasteiger partial charge in [0.1, 0.15) is 5.82 Å². The van der Waals surface area contributed by atoms with Gasteiger partial charge in [0.2, 0.25) is 0 Å². The van der Waals surface area contributed by atoms with Crippen LogP contribution in [-0.4, -0.2) is 14.2 Å². The lowest BCUT2D eigenvalue weighted by Gasteiger charge is -2.14. The standard InChI is InChI=1S/C16H17F2NO/c1-10(19-2)11-7-8-14(17)13(9-11)12-5-4-6-15(20-3)16(12)18/h4-10,19H,1-3H3. The minimum atomic E-state index is -0.553. The van der Waals surface area contributed by atoms with E-state index in [0.29, 0.717) is 0 Å². The third kappa shape index (κ3) is 2.65. The average Bonchev–Trinajstić information content (AvgIpc) is 2.47. The number of nitrogens with one attached hydrogen (secondary N) is 1. The highest BCUT2D eigenvalue weighted by atomic mass is 19.1. The van der Waals surface area contributed by atoms with Gasteiger partial charge in [0.25, 0.3) is 0 Å². The summed E-state index contributed by atoms with van der Waals surface area (Å²) in [5.41, 5.74) is 1.33. The molecule has 0 aliphatic rings. The first kappa shape index (κ1) is 14.5. The van der Waals surface area contributed by atoms with E-state index in [0.717, 1.165) is 5.56 Å². The molecule has 2 aromatic carbocycles. The van der Waals surface area contributed by atoms with Crippen LogP contribution in [0.25, 0.3) is 11.1 Å². The molecule has 0 radical (unpaired) electrons. The first-order valence-corrected chi connectivity index (χ1v) is 6.38. The molecule has 0 aliphatic carbocycles. The monoisotopic (exact) mass is 277 g/mol. The first-order chi connectivity index (χ1) is 9.58. The van der Waals surface area contributed by atoms with Crippen molar-refractivity contribution in [3.63, 3.8) is 0 Å². The molecule has 0 saturated carbocycles. The normalized spacial score (nSPS) is 12.2. The van der Waals surface area contributed by atoms with Crippen LogP contribution < -0.4 is 10.1 Å². The summed E-state index contributed by atoms with van der Waals surface area (Å²) >= 11 is 0. The number of benzene rings is 2. The van der Waals surface area contributed by atoms with Crippen molar-refractivity contribution in [3.05, 3.63) is 53.6 Å². The molecule has 1 atom stereocenters. The maximum absolute atomic E-state index is 14.2. The molecule has 0 spiro atoms. The quantitative estimate of drug-likeness (QED) is 0.914. The molecule has 2 aromatic rings. The van der Waals surface area contributed by atoms with Crippen LogP contribution in [0, 0.1) is 11.6 Å². The summed E-state index contributed by atoms with van der Waals surface area (Å²) in [5, 5.41) is 3.08. The second-order valence-corrected chi connectivity index (χ2v) is 4.57. The van der Waals surface area contributed by atoms with Gasteiger partial charge in [-0.15, -0.1) is 0 Å². The van der Waals surface area contributed by atoms with Gasteiger partial charge >= 0.3 is 0 Å². The molecule has 0 fully saturated rings. The minimum absolute atomic E-state index is 0.0584. The van der Waals surface area contributed by atoms with Crippen molar-refractivity contribution < 1.29 is 13.5 Å². The molecule has 2 nitrogen and oxygen atoms in total. The van der Waals surface area contributed by atoms with Gasteiger partial charge in [-0.05, 0) is 37.7 Å². The van der Waals surface area contributed by atoms with E-state index >= 15 is 0 Å². The van der Waals surface area contributed by atoms with Gasteiger partial charge in [-0.25, -0.2) is 8.78 Å². The second-order valence-electron chi connectivity index (χ2n) is 4.57. The molecule has 0 saturated heterocycles. The Kier molecular flexibility index (Phi) is 4.35. The third-order valence-electron chi connectivity index (χ3n) is 3.40. The zero-order valence-electron chi connectivity index (χ0n) is 11.7. The van der Waals surface area contributed by atoms with Gasteiger partial charge in [0, 0.05) is 17.2 Å². The van der Waals surface area contributed by atoms with E-state index in [1.807, 2.05) is 14.0 Å². The minimum Gasteiger partial charge on any atom is -0.494 e. The molecule has 4 heteroatoms.